The Labute approximate surface area is 198 Å². The normalized spacial score (nSPS) is 15.2. The Bertz CT molecular complexity index is 910. The molecule has 0 saturated heterocycles. The number of rotatable bonds is 0. The Balaban J connectivity index is 0.000000174. The average molecular weight is 432 g/mol. The highest BCUT2D eigenvalue weighted by molar-refractivity contribution is 5.82. The van der Waals surface area contributed by atoms with Gasteiger partial charge in [-0.25, -0.2) is 0 Å². The summed E-state index contributed by atoms with van der Waals surface area (Å²) in [5.74, 6) is 0. The van der Waals surface area contributed by atoms with Crippen molar-refractivity contribution in [3.8, 4) is 0 Å². The van der Waals surface area contributed by atoms with Crippen LogP contribution in [-0.4, -0.2) is 12.8 Å². The van der Waals surface area contributed by atoms with Gasteiger partial charge in [-0.3, -0.25) is 4.99 Å². The lowest BCUT2D eigenvalue weighted by atomic mass is 9.85. The number of allylic oxidation sites excluding steroid dienone is 1. The van der Waals surface area contributed by atoms with Crippen LogP contribution in [0.15, 0.2) is 65.2 Å². The van der Waals surface area contributed by atoms with Crippen molar-refractivity contribution in [1.82, 2.24) is 0 Å². The fraction of sp³-hybridized carbons (Fsp3) is 0.516. The molecule has 1 heterocycles. The zero-order valence-electron chi connectivity index (χ0n) is 22.0. The third-order valence-corrected chi connectivity index (χ3v) is 6.12. The molecule has 0 amide bonds. The molecule has 1 heteroatoms. The molecule has 2 aromatic rings. The second-order valence-electron chi connectivity index (χ2n) is 12.1. The second kappa shape index (κ2) is 10.6. The molecular formula is C31H45N. The van der Waals surface area contributed by atoms with Gasteiger partial charge in [-0.1, -0.05) is 117 Å². The van der Waals surface area contributed by atoms with Gasteiger partial charge < -0.3 is 0 Å². The van der Waals surface area contributed by atoms with Gasteiger partial charge >= 0.3 is 0 Å². The molecule has 0 atom stereocenters. The van der Waals surface area contributed by atoms with Crippen molar-refractivity contribution in [2.75, 3.05) is 6.54 Å². The molecule has 32 heavy (non-hydrogen) atoms. The van der Waals surface area contributed by atoms with E-state index in [1.165, 1.54) is 36.0 Å². The third kappa shape index (κ3) is 8.08. The van der Waals surface area contributed by atoms with Crippen LogP contribution in [0.2, 0.25) is 0 Å². The van der Waals surface area contributed by atoms with Crippen LogP contribution in [0.5, 0.6) is 0 Å². The number of aliphatic imine (C=N–C) groups is 1. The largest absolute Gasteiger partial charge is 0.289 e. The minimum Gasteiger partial charge on any atom is -0.289 e. The van der Waals surface area contributed by atoms with Crippen LogP contribution in [0, 0.1) is 5.41 Å². The molecule has 0 aromatic heterocycles. The number of nitrogens with zero attached hydrogens (tertiary/aromatic N) is 1. The first kappa shape index (κ1) is 26.1. The summed E-state index contributed by atoms with van der Waals surface area (Å²) in [7, 11) is 0. The van der Waals surface area contributed by atoms with E-state index in [1.807, 2.05) is 6.21 Å². The van der Waals surface area contributed by atoms with Crippen LogP contribution in [-0.2, 0) is 23.7 Å². The lowest BCUT2D eigenvalue weighted by molar-refractivity contribution is 0.527. The molecule has 2 aromatic carbocycles. The molecule has 0 fully saturated rings. The summed E-state index contributed by atoms with van der Waals surface area (Å²) in [5.41, 5.74) is 8.30. The zero-order valence-corrected chi connectivity index (χ0v) is 22.0. The molecule has 1 aliphatic heterocycles. The average Bonchev–Trinajstić information content (AvgIpc) is 3.39. The Kier molecular flexibility index (Phi) is 8.68. The van der Waals surface area contributed by atoms with Crippen molar-refractivity contribution in [2.45, 2.75) is 92.4 Å². The Morgan fingerprint density at radius 1 is 0.625 bits per heavy atom. The van der Waals surface area contributed by atoms with Gasteiger partial charge in [0.05, 0.1) is 6.54 Å². The van der Waals surface area contributed by atoms with Gasteiger partial charge in [-0.15, -0.1) is 0 Å². The van der Waals surface area contributed by atoms with Crippen molar-refractivity contribution >= 4 is 6.21 Å². The van der Waals surface area contributed by atoms with Crippen LogP contribution in [0.3, 0.4) is 0 Å². The first-order valence-electron chi connectivity index (χ1n) is 12.2. The van der Waals surface area contributed by atoms with Crippen LogP contribution in [0.1, 0.15) is 91.0 Å². The predicted octanol–water partition coefficient (Wildman–Crippen LogP) is 8.50. The van der Waals surface area contributed by atoms with Crippen LogP contribution in [0.4, 0.5) is 0 Å². The standard InChI is InChI=1S/C13H18.C10H14.C8H13N/c1-13(2,3)12-8-7-10-5-4-6-11(10)9-12;1-10(2,3)9-7-5-4-6-8-9;1-8(2,3)7-4-5-9-6-7/h7-9H,4-6H2,1-3H3;4-8H,1-3H3;4,6H,5H2,1-3H3. The van der Waals surface area contributed by atoms with Crippen molar-refractivity contribution in [3.63, 3.8) is 0 Å². The molecule has 1 aliphatic carbocycles. The Hall–Kier alpha value is -2.15. The summed E-state index contributed by atoms with van der Waals surface area (Å²) in [6.45, 7) is 21.0. The van der Waals surface area contributed by atoms with Crippen molar-refractivity contribution in [3.05, 3.63) is 82.4 Å². The lowest BCUT2D eigenvalue weighted by Crippen LogP contribution is -2.11. The van der Waals surface area contributed by atoms with E-state index in [0.717, 1.165) is 6.54 Å². The number of aryl methyl sites for hydroxylation is 2. The molecule has 4 rings (SSSR count). The summed E-state index contributed by atoms with van der Waals surface area (Å²) in [5, 5.41) is 0. The summed E-state index contributed by atoms with van der Waals surface area (Å²) >= 11 is 0. The maximum Gasteiger partial charge on any atom is 0.0576 e. The molecule has 2 aliphatic rings. The van der Waals surface area contributed by atoms with E-state index in [4.69, 9.17) is 0 Å². The van der Waals surface area contributed by atoms with Crippen molar-refractivity contribution < 1.29 is 0 Å². The SMILES string of the molecule is CC(C)(C)C1=CCN=C1.CC(C)(C)c1ccc2c(c1)CCC2.CC(C)(C)c1ccccc1. The number of fused-ring (bicyclic) bond motifs is 1. The fourth-order valence-electron chi connectivity index (χ4n) is 3.83. The molecule has 0 radical (unpaired) electrons. The predicted molar refractivity (Wildman–Crippen MR) is 143 cm³/mol. The van der Waals surface area contributed by atoms with Crippen LogP contribution < -0.4 is 0 Å². The van der Waals surface area contributed by atoms with E-state index in [1.54, 1.807) is 11.1 Å². The van der Waals surface area contributed by atoms with E-state index in [0.29, 0.717) is 16.2 Å². The van der Waals surface area contributed by atoms with Gasteiger partial charge in [0.2, 0.25) is 0 Å². The van der Waals surface area contributed by atoms with E-state index in [9.17, 15) is 0 Å². The van der Waals surface area contributed by atoms with Gasteiger partial charge in [0.1, 0.15) is 0 Å². The summed E-state index contributed by atoms with van der Waals surface area (Å²) in [4.78, 5) is 4.11. The minimum atomic E-state index is 0.292. The maximum absolute atomic E-state index is 4.11. The molecule has 0 saturated carbocycles. The third-order valence-electron chi connectivity index (χ3n) is 6.12. The quantitative estimate of drug-likeness (QED) is 0.396. The van der Waals surface area contributed by atoms with E-state index < -0.39 is 0 Å². The molecule has 0 N–H and O–H groups in total. The van der Waals surface area contributed by atoms with E-state index >= 15 is 0 Å². The van der Waals surface area contributed by atoms with Crippen molar-refractivity contribution in [1.29, 1.82) is 0 Å². The molecule has 174 valence electrons. The minimum absolute atomic E-state index is 0.292. The second-order valence-corrected chi connectivity index (χ2v) is 12.1. The smallest absolute Gasteiger partial charge is 0.0576 e. The maximum atomic E-state index is 4.11. The first-order chi connectivity index (χ1) is 14.8. The van der Waals surface area contributed by atoms with E-state index in [-0.39, 0.29) is 0 Å². The molecule has 0 spiro atoms. The molecular weight excluding hydrogens is 386 g/mol. The number of hydrogen-bond donors (Lipinski definition) is 0. The van der Waals surface area contributed by atoms with Gasteiger partial charge in [0, 0.05) is 6.21 Å². The number of benzene rings is 2. The highest BCUT2D eigenvalue weighted by Gasteiger charge is 2.18. The first-order valence-corrected chi connectivity index (χ1v) is 12.2. The lowest BCUT2D eigenvalue weighted by Gasteiger charge is -2.19. The topological polar surface area (TPSA) is 12.4 Å². The summed E-state index contributed by atoms with van der Waals surface area (Å²) in [6, 6.07) is 17.6. The highest BCUT2D eigenvalue weighted by atomic mass is 14.7. The monoisotopic (exact) mass is 431 g/mol. The summed E-state index contributed by atoms with van der Waals surface area (Å²) < 4.78 is 0. The Morgan fingerprint density at radius 2 is 1.22 bits per heavy atom. The number of hydrogen-bond acceptors (Lipinski definition) is 1. The molecule has 0 bridgehead atoms. The van der Waals surface area contributed by atoms with Gasteiger partial charge in [-0.05, 0) is 63.3 Å². The highest BCUT2D eigenvalue weighted by Crippen LogP contribution is 2.29. The van der Waals surface area contributed by atoms with Crippen LogP contribution in [0.25, 0.3) is 0 Å². The zero-order chi connectivity index (χ0) is 24.0. The summed E-state index contributed by atoms with van der Waals surface area (Å²) in [6.07, 6.45) is 8.09. The van der Waals surface area contributed by atoms with Gasteiger partial charge in [0.25, 0.3) is 0 Å². The Morgan fingerprint density at radius 3 is 1.66 bits per heavy atom. The van der Waals surface area contributed by atoms with E-state index in [2.05, 4.69) is 122 Å². The molecule has 1 nitrogen and oxygen atoms in total. The van der Waals surface area contributed by atoms with Gasteiger partial charge in [-0.2, -0.15) is 0 Å². The fourth-order valence-corrected chi connectivity index (χ4v) is 3.83. The van der Waals surface area contributed by atoms with Crippen LogP contribution >= 0.6 is 0 Å². The van der Waals surface area contributed by atoms with Crippen molar-refractivity contribution in [2.24, 2.45) is 10.4 Å². The molecule has 0 unspecified atom stereocenters. The van der Waals surface area contributed by atoms with Gasteiger partial charge in [0.15, 0.2) is 0 Å².